The van der Waals surface area contributed by atoms with Gasteiger partial charge in [-0.2, -0.15) is 0 Å². The number of benzene rings is 2. The Morgan fingerprint density at radius 3 is 2.06 bits per heavy atom. The fourth-order valence-electron chi connectivity index (χ4n) is 7.64. The maximum absolute atomic E-state index is 14.3. The summed E-state index contributed by atoms with van der Waals surface area (Å²) < 4.78 is 60.7. The number of carbonyl (C=O) groups excluding carboxylic acids is 4. The first kappa shape index (κ1) is 36.7. The molecule has 0 radical (unpaired) electrons. The topological polar surface area (TPSA) is 173 Å². The zero-order valence-corrected chi connectivity index (χ0v) is 30.2. The van der Waals surface area contributed by atoms with Crippen LogP contribution in [0.2, 0.25) is 0 Å². The molecule has 5 atom stereocenters. The van der Waals surface area contributed by atoms with E-state index in [1.807, 2.05) is 53.3 Å². The molecule has 0 spiro atoms. The fourth-order valence-corrected chi connectivity index (χ4v) is 9.00. The molecule has 1 unspecified atom stereocenters. The van der Waals surface area contributed by atoms with Gasteiger partial charge in [0.05, 0.1) is 17.7 Å². The number of oxime groups is 1. The fraction of sp³-hybridized carbons (Fsp3) is 0.541. The zero-order chi connectivity index (χ0) is 37.7. The molecule has 0 aromatic heterocycles. The third kappa shape index (κ3) is 7.34. The number of sulfonamides is 1. The van der Waals surface area contributed by atoms with Crippen LogP contribution in [-0.4, -0.2) is 90.9 Å². The van der Waals surface area contributed by atoms with Crippen molar-refractivity contribution in [3.63, 3.8) is 0 Å². The van der Waals surface area contributed by atoms with E-state index in [0.717, 1.165) is 47.9 Å². The van der Waals surface area contributed by atoms with E-state index in [4.69, 9.17) is 9.57 Å². The standard InChI is InChI=1S/C37H43F2N5O8S/c1-20(2)30(40-36(48)51-21-9-3-4-10-21)34(46)44-19-22(52-42-31-26-13-7-5-11-24(26)25-12-6-8-14-27(25)31)17-29(44)33(45)41-37(18-28(37)32(38)39)35(47)43-53(49,50)23-15-16-23/h5-8,11-14,20-23,28-30,32H,3-4,9-10,15-19H2,1-2H3,(H,40,48)(H,41,45)(H,43,47)/t22-,28+,29?,30+,37+/m1/s1. The molecular formula is C37H43F2N5O8S. The van der Waals surface area contributed by atoms with Crippen molar-refractivity contribution in [2.45, 2.75) is 107 Å². The van der Waals surface area contributed by atoms with Gasteiger partial charge in [0.1, 0.15) is 35.5 Å². The van der Waals surface area contributed by atoms with E-state index in [9.17, 15) is 36.4 Å². The van der Waals surface area contributed by atoms with Crippen molar-refractivity contribution in [3.05, 3.63) is 59.7 Å². The van der Waals surface area contributed by atoms with E-state index in [0.29, 0.717) is 18.6 Å². The number of hydrogen-bond acceptors (Lipinski definition) is 9. The predicted molar refractivity (Wildman–Crippen MR) is 188 cm³/mol. The molecule has 2 aromatic carbocycles. The maximum atomic E-state index is 14.3. The molecule has 1 aliphatic heterocycles. The van der Waals surface area contributed by atoms with Gasteiger partial charge >= 0.3 is 6.09 Å². The average Bonchev–Trinajstić information content (AvgIpc) is 3.97. The third-order valence-electron chi connectivity index (χ3n) is 10.8. The quantitative estimate of drug-likeness (QED) is 0.234. The van der Waals surface area contributed by atoms with Crippen molar-refractivity contribution < 1.29 is 46.0 Å². The average molecular weight is 756 g/mol. The van der Waals surface area contributed by atoms with E-state index < -0.39 is 87.5 Å². The summed E-state index contributed by atoms with van der Waals surface area (Å²) in [5.41, 5.74) is 1.96. The molecule has 4 aliphatic carbocycles. The molecule has 2 aromatic rings. The van der Waals surface area contributed by atoms with Crippen LogP contribution in [0.1, 0.15) is 76.3 Å². The molecule has 3 saturated carbocycles. The first-order valence-electron chi connectivity index (χ1n) is 18.2. The summed E-state index contributed by atoms with van der Waals surface area (Å²) in [5.74, 6) is -4.91. The Kier molecular flexibility index (Phi) is 9.93. The molecule has 1 heterocycles. The first-order chi connectivity index (χ1) is 25.3. The van der Waals surface area contributed by atoms with Crippen molar-refractivity contribution in [2.75, 3.05) is 6.54 Å². The van der Waals surface area contributed by atoms with Gasteiger partial charge in [0, 0.05) is 17.5 Å². The van der Waals surface area contributed by atoms with E-state index >= 15 is 0 Å². The molecule has 4 amide bonds. The Morgan fingerprint density at radius 2 is 1.51 bits per heavy atom. The number of ether oxygens (including phenoxy) is 1. The molecular weight excluding hydrogens is 712 g/mol. The van der Waals surface area contributed by atoms with Crippen LogP contribution >= 0.6 is 0 Å². The summed E-state index contributed by atoms with van der Waals surface area (Å²) in [6.45, 7) is 3.28. The van der Waals surface area contributed by atoms with Gasteiger partial charge in [-0.05, 0) is 62.0 Å². The largest absolute Gasteiger partial charge is 0.446 e. The van der Waals surface area contributed by atoms with Gasteiger partial charge < -0.3 is 25.1 Å². The van der Waals surface area contributed by atoms with Crippen LogP contribution in [0, 0.1) is 11.8 Å². The number of alkyl carbamates (subject to hydrolysis) is 1. The number of carbonyl (C=O) groups is 4. The lowest BCUT2D eigenvalue weighted by Crippen LogP contribution is -2.59. The number of nitrogens with one attached hydrogen (secondary N) is 3. The highest BCUT2D eigenvalue weighted by molar-refractivity contribution is 7.91. The van der Waals surface area contributed by atoms with E-state index in [1.165, 1.54) is 4.90 Å². The molecule has 13 nitrogen and oxygen atoms in total. The number of alkyl halides is 2. The van der Waals surface area contributed by atoms with Crippen molar-refractivity contribution in [1.29, 1.82) is 0 Å². The number of hydrogen-bond donors (Lipinski definition) is 3. The highest BCUT2D eigenvalue weighted by Gasteiger charge is 2.66. The Bertz CT molecular complexity index is 1880. The van der Waals surface area contributed by atoms with Crippen LogP contribution in [0.3, 0.4) is 0 Å². The second kappa shape index (κ2) is 14.3. The molecule has 0 bridgehead atoms. The lowest BCUT2D eigenvalue weighted by Gasteiger charge is -2.31. The predicted octanol–water partition coefficient (Wildman–Crippen LogP) is 3.85. The maximum Gasteiger partial charge on any atom is 0.408 e. The Labute approximate surface area is 306 Å². The molecule has 3 N–H and O–H groups in total. The Morgan fingerprint density at radius 1 is 0.906 bits per heavy atom. The van der Waals surface area contributed by atoms with Crippen molar-refractivity contribution in [1.82, 2.24) is 20.3 Å². The summed E-state index contributed by atoms with van der Waals surface area (Å²) in [4.78, 5) is 61.8. The smallest absolute Gasteiger partial charge is 0.408 e. The lowest BCUT2D eigenvalue weighted by atomic mass is 10.0. The molecule has 16 heteroatoms. The van der Waals surface area contributed by atoms with Crippen LogP contribution in [0.25, 0.3) is 11.1 Å². The van der Waals surface area contributed by atoms with Gasteiger partial charge in [-0.15, -0.1) is 0 Å². The molecule has 4 fully saturated rings. The van der Waals surface area contributed by atoms with E-state index in [2.05, 4.69) is 15.8 Å². The van der Waals surface area contributed by atoms with Gasteiger partial charge in [0.15, 0.2) is 0 Å². The summed E-state index contributed by atoms with van der Waals surface area (Å²) >= 11 is 0. The van der Waals surface area contributed by atoms with Crippen LogP contribution in [0.15, 0.2) is 53.7 Å². The second-order valence-corrected chi connectivity index (χ2v) is 16.9. The van der Waals surface area contributed by atoms with Crippen molar-refractivity contribution in [2.24, 2.45) is 17.0 Å². The SMILES string of the molecule is CC(C)[C@H](NC(=O)OC1CCCC1)C(=O)N1C[C@H](ON=C2c3ccccc3-c3ccccc32)CC1C(=O)N[C@@]1(C(=O)NS(=O)(=O)C2CC2)C[C@H]1C(F)F. The van der Waals surface area contributed by atoms with Crippen molar-refractivity contribution in [3.8, 4) is 11.1 Å². The summed E-state index contributed by atoms with van der Waals surface area (Å²) in [6, 6.07) is 12.9. The van der Waals surface area contributed by atoms with Gasteiger partial charge in [0.25, 0.3) is 5.91 Å². The molecule has 53 heavy (non-hydrogen) atoms. The number of likely N-dealkylation sites (tertiary alicyclic amines) is 1. The van der Waals surface area contributed by atoms with E-state index in [1.54, 1.807) is 13.8 Å². The zero-order valence-electron chi connectivity index (χ0n) is 29.4. The minimum atomic E-state index is -4.11. The summed E-state index contributed by atoms with van der Waals surface area (Å²) in [6.07, 6.45) is -1.59. The minimum Gasteiger partial charge on any atom is -0.446 e. The van der Waals surface area contributed by atoms with Crippen molar-refractivity contribution >= 4 is 39.5 Å². The number of rotatable bonds is 12. The second-order valence-electron chi connectivity index (χ2n) is 15.0. The van der Waals surface area contributed by atoms with Gasteiger partial charge in [0.2, 0.25) is 28.3 Å². The Balaban J connectivity index is 1.15. The molecule has 5 aliphatic rings. The lowest BCUT2D eigenvalue weighted by molar-refractivity contribution is -0.142. The third-order valence-corrected chi connectivity index (χ3v) is 12.7. The molecule has 7 rings (SSSR count). The number of amides is 4. The summed E-state index contributed by atoms with van der Waals surface area (Å²) in [7, 11) is -4.11. The number of halogens is 2. The normalized spacial score (nSPS) is 25.4. The van der Waals surface area contributed by atoms with Crippen LogP contribution in [0.4, 0.5) is 13.6 Å². The van der Waals surface area contributed by atoms with Crippen LogP contribution in [-0.2, 0) is 34.0 Å². The highest BCUT2D eigenvalue weighted by atomic mass is 32.2. The van der Waals surface area contributed by atoms with Gasteiger partial charge in [-0.3, -0.25) is 19.1 Å². The van der Waals surface area contributed by atoms with Crippen LogP contribution in [0.5, 0.6) is 0 Å². The Hall–Kier alpha value is -4.60. The van der Waals surface area contributed by atoms with Gasteiger partial charge in [-0.25, -0.2) is 22.0 Å². The summed E-state index contributed by atoms with van der Waals surface area (Å²) in [5, 5.41) is 8.77. The van der Waals surface area contributed by atoms with Crippen LogP contribution < -0.4 is 15.4 Å². The van der Waals surface area contributed by atoms with E-state index in [-0.39, 0.29) is 19.1 Å². The first-order valence-corrected chi connectivity index (χ1v) is 19.7. The van der Waals surface area contributed by atoms with Gasteiger partial charge in [-0.1, -0.05) is 67.5 Å². The molecule has 1 saturated heterocycles. The number of fused-ring (bicyclic) bond motifs is 3. The highest BCUT2D eigenvalue weighted by Crippen LogP contribution is 2.48. The monoisotopic (exact) mass is 755 g/mol. The molecule has 284 valence electrons. The number of nitrogens with zero attached hydrogens (tertiary/aromatic N) is 2. The minimum absolute atomic E-state index is 0.133.